The fourth-order valence-electron chi connectivity index (χ4n) is 12.7. The van der Waals surface area contributed by atoms with Crippen molar-refractivity contribution < 1.29 is 0 Å². The predicted molar refractivity (Wildman–Crippen MR) is 310 cm³/mol. The molecule has 0 aromatic heterocycles. The van der Waals surface area contributed by atoms with E-state index in [4.69, 9.17) is 0 Å². The summed E-state index contributed by atoms with van der Waals surface area (Å²) >= 11 is 0. The molecular formula is C66H54B2N4. The van der Waals surface area contributed by atoms with Gasteiger partial charge in [0.1, 0.15) is 0 Å². The lowest BCUT2D eigenvalue weighted by Crippen LogP contribution is -2.75. The highest BCUT2D eigenvalue weighted by atomic mass is 15.3. The van der Waals surface area contributed by atoms with Gasteiger partial charge in [-0.15, -0.1) is 0 Å². The van der Waals surface area contributed by atoms with Crippen LogP contribution in [0.25, 0.3) is 22.3 Å². The molecule has 344 valence electrons. The summed E-state index contributed by atoms with van der Waals surface area (Å²) in [5, 5.41) is 0. The molecule has 4 nitrogen and oxygen atoms in total. The van der Waals surface area contributed by atoms with Crippen LogP contribution in [0.1, 0.15) is 22.3 Å². The van der Waals surface area contributed by atoms with Crippen LogP contribution < -0.4 is 52.4 Å². The van der Waals surface area contributed by atoms with Crippen molar-refractivity contribution in [1.29, 1.82) is 0 Å². The van der Waals surface area contributed by atoms with Gasteiger partial charge in [0.2, 0.25) is 13.4 Å². The van der Waals surface area contributed by atoms with Crippen LogP contribution in [-0.4, -0.2) is 27.5 Å². The Balaban J connectivity index is 0.915. The molecule has 3 aliphatic rings. The van der Waals surface area contributed by atoms with Gasteiger partial charge in [-0.3, -0.25) is 0 Å². The molecule has 0 saturated carbocycles. The molecular weight excluding hydrogens is 870 g/mol. The maximum absolute atomic E-state index is 2.42. The second-order valence-electron chi connectivity index (χ2n) is 19.9. The highest BCUT2D eigenvalue weighted by Gasteiger charge is 2.41. The SMILES string of the molecule is Cc1ccc(-c2cccc(N3c4ccccc4N(C)c4ccccc43)c2)c(C)c1B1c2ccccc2B(c2c(C)ccc(-c3cccc(N4c5ccccc5N(C)c5ccccc54)c3)c2C)c2ccccc21. The van der Waals surface area contributed by atoms with Gasteiger partial charge in [-0.25, -0.2) is 0 Å². The monoisotopic (exact) mass is 924 g/mol. The van der Waals surface area contributed by atoms with Crippen LogP contribution in [0, 0.1) is 27.7 Å². The standard InChI is InChI=1S/C66H54B2N4/c1-43-37-39-51(47-21-19-23-49(41-47)71-61-33-15-11-29-57(61)69(5)58-30-12-16-34-62(58)71)45(3)65(43)67-53-25-7-9-27-55(53)68(56-28-10-8-26-54(56)67)66-44(2)38-40-52(46(66)4)48-22-20-24-50(42-48)72-63-35-17-13-31-59(63)70(6)60-32-14-18-36-64(60)72/h7-42H,1-6H3. The third-order valence-electron chi connectivity index (χ3n) is 16.0. The second kappa shape index (κ2) is 17.1. The van der Waals surface area contributed by atoms with Crippen molar-refractivity contribution in [2.75, 3.05) is 33.7 Å². The van der Waals surface area contributed by atoms with E-state index in [9.17, 15) is 0 Å². The first kappa shape index (κ1) is 43.5. The number of nitrogens with zero attached hydrogens (tertiary/aromatic N) is 4. The maximum atomic E-state index is 2.42. The van der Waals surface area contributed by atoms with E-state index in [1.54, 1.807) is 0 Å². The van der Waals surface area contributed by atoms with Crippen molar-refractivity contribution in [1.82, 2.24) is 0 Å². The lowest BCUT2D eigenvalue weighted by Gasteiger charge is -2.38. The zero-order chi connectivity index (χ0) is 48.8. The number of para-hydroxylation sites is 8. The number of fused-ring (bicyclic) bond motifs is 6. The Kier molecular flexibility index (Phi) is 10.4. The summed E-state index contributed by atoms with van der Waals surface area (Å²) in [6, 6.07) is 81.2. The topological polar surface area (TPSA) is 13.0 Å². The van der Waals surface area contributed by atoms with Crippen LogP contribution in [0.5, 0.6) is 0 Å². The summed E-state index contributed by atoms with van der Waals surface area (Å²) in [4.78, 5) is 9.46. The van der Waals surface area contributed by atoms with Gasteiger partial charge >= 0.3 is 0 Å². The fraction of sp³-hybridized carbons (Fsp3) is 0.0909. The largest absolute Gasteiger partial charge is 0.341 e. The van der Waals surface area contributed by atoms with Crippen molar-refractivity contribution in [2.45, 2.75) is 27.7 Å². The Hall–Kier alpha value is -8.47. The van der Waals surface area contributed by atoms with Crippen LogP contribution in [0.3, 0.4) is 0 Å². The molecule has 10 aromatic carbocycles. The quantitative estimate of drug-likeness (QED) is 0.154. The van der Waals surface area contributed by atoms with Gasteiger partial charge in [-0.1, -0.05) is 189 Å². The molecule has 0 spiro atoms. The Morgan fingerprint density at radius 1 is 0.292 bits per heavy atom. The minimum Gasteiger partial charge on any atom is -0.341 e. The van der Waals surface area contributed by atoms with E-state index < -0.39 is 0 Å². The first-order valence-corrected chi connectivity index (χ1v) is 25.3. The van der Waals surface area contributed by atoms with E-state index in [1.807, 2.05) is 0 Å². The Bertz CT molecular complexity index is 3410. The van der Waals surface area contributed by atoms with Crippen LogP contribution in [0.15, 0.2) is 218 Å². The molecule has 10 aromatic rings. The lowest BCUT2D eigenvalue weighted by molar-refractivity contribution is 1.13. The smallest absolute Gasteiger partial charge is 0.240 e. The lowest BCUT2D eigenvalue weighted by atomic mass is 9.20. The predicted octanol–water partition coefficient (Wildman–Crippen LogP) is 12.7. The van der Waals surface area contributed by atoms with Crippen LogP contribution in [0.4, 0.5) is 56.9 Å². The molecule has 0 atom stereocenters. The number of hydrogen-bond donors (Lipinski definition) is 0. The van der Waals surface area contributed by atoms with Crippen molar-refractivity contribution in [3.05, 3.63) is 241 Å². The van der Waals surface area contributed by atoms with Crippen molar-refractivity contribution in [3.8, 4) is 22.3 Å². The molecule has 0 radical (unpaired) electrons. The molecule has 0 saturated heterocycles. The van der Waals surface area contributed by atoms with Gasteiger partial charge in [-0.2, -0.15) is 0 Å². The zero-order valence-electron chi connectivity index (χ0n) is 41.7. The van der Waals surface area contributed by atoms with E-state index in [0.717, 1.165) is 11.4 Å². The molecule has 72 heavy (non-hydrogen) atoms. The number of rotatable bonds is 6. The highest BCUT2D eigenvalue weighted by molar-refractivity contribution is 7.11. The molecule has 0 N–H and O–H groups in total. The maximum Gasteiger partial charge on any atom is 0.240 e. The van der Waals surface area contributed by atoms with Gasteiger partial charge in [0.25, 0.3) is 0 Å². The van der Waals surface area contributed by atoms with Crippen molar-refractivity contribution in [2.24, 2.45) is 0 Å². The average molecular weight is 925 g/mol. The minimum absolute atomic E-state index is 0.0583. The van der Waals surface area contributed by atoms with Gasteiger partial charge in [-0.05, 0) is 134 Å². The third-order valence-corrected chi connectivity index (χ3v) is 16.0. The van der Waals surface area contributed by atoms with E-state index in [-0.39, 0.29) is 13.4 Å². The molecule has 3 aliphatic heterocycles. The normalized spacial score (nSPS) is 13.2. The van der Waals surface area contributed by atoms with Crippen molar-refractivity contribution >= 4 is 103 Å². The summed E-state index contributed by atoms with van der Waals surface area (Å²) in [7, 11) is 4.33. The highest BCUT2D eigenvalue weighted by Crippen LogP contribution is 2.52. The number of anilines is 10. The number of hydrogen-bond acceptors (Lipinski definition) is 4. The van der Waals surface area contributed by atoms with Gasteiger partial charge < -0.3 is 19.6 Å². The summed E-state index contributed by atoms with van der Waals surface area (Å²) in [5.41, 5.74) is 30.2. The van der Waals surface area contributed by atoms with E-state index >= 15 is 0 Å². The molecule has 0 amide bonds. The van der Waals surface area contributed by atoms with Gasteiger partial charge in [0.15, 0.2) is 0 Å². The summed E-state index contributed by atoms with van der Waals surface area (Å²) in [6.45, 7) is 9.44. The average Bonchev–Trinajstić information content (AvgIpc) is 3.42. The zero-order valence-corrected chi connectivity index (χ0v) is 41.7. The first-order valence-electron chi connectivity index (χ1n) is 25.3. The number of benzene rings is 10. The Labute approximate surface area is 425 Å². The van der Waals surface area contributed by atoms with Gasteiger partial charge in [0.05, 0.1) is 45.5 Å². The Morgan fingerprint density at radius 2 is 0.583 bits per heavy atom. The second-order valence-corrected chi connectivity index (χ2v) is 19.9. The molecule has 6 heteroatoms. The molecule has 13 rings (SSSR count). The van der Waals surface area contributed by atoms with Crippen LogP contribution in [-0.2, 0) is 0 Å². The summed E-state index contributed by atoms with van der Waals surface area (Å²) < 4.78 is 0. The van der Waals surface area contributed by atoms with E-state index in [1.165, 1.54) is 123 Å². The Morgan fingerprint density at radius 3 is 0.903 bits per heavy atom. The molecule has 0 unspecified atom stereocenters. The van der Waals surface area contributed by atoms with Gasteiger partial charge in [0, 0.05) is 25.5 Å². The van der Waals surface area contributed by atoms with Crippen molar-refractivity contribution in [3.63, 3.8) is 0 Å². The first-order chi connectivity index (χ1) is 35.3. The minimum atomic E-state index is 0.0583. The molecule has 0 aliphatic carbocycles. The van der Waals surface area contributed by atoms with Crippen LogP contribution in [0.2, 0.25) is 0 Å². The summed E-state index contributed by atoms with van der Waals surface area (Å²) in [6.07, 6.45) is 0. The molecule has 0 fully saturated rings. The van der Waals surface area contributed by atoms with E-state index in [0.29, 0.717) is 0 Å². The number of aryl methyl sites for hydroxylation is 2. The third kappa shape index (κ3) is 6.69. The fourth-order valence-corrected chi connectivity index (χ4v) is 12.7. The van der Waals surface area contributed by atoms with Crippen LogP contribution >= 0.6 is 0 Å². The van der Waals surface area contributed by atoms with E-state index in [2.05, 4.69) is 280 Å². The molecule has 0 bridgehead atoms. The summed E-state index contributed by atoms with van der Waals surface area (Å²) in [5.74, 6) is 0. The molecule has 3 heterocycles.